The van der Waals surface area contributed by atoms with E-state index in [2.05, 4.69) is 33.0 Å². The third kappa shape index (κ3) is 4.48. The summed E-state index contributed by atoms with van der Waals surface area (Å²) in [7, 11) is 0. The van der Waals surface area contributed by atoms with Gasteiger partial charge in [0.05, 0.1) is 0 Å². The van der Waals surface area contributed by atoms with Gasteiger partial charge in [-0.05, 0) is 23.6 Å². The van der Waals surface area contributed by atoms with Crippen LogP contribution >= 0.6 is 11.5 Å². The lowest BCUT2D eigenvalue weighted by Crippen LogP contribution is -2.45. The van der Waals surface area contributed by atoms with Crippen LogP contribution in [0.15, 0.2) is 24.3 Å². The number of piperazine rings is 1. The zero-order valence-corrected chi connectivity index (χ0v) is 14.5. The molecule has 0 unspecified atom stereocenters. The average Bonchev–Trinajstić information content (AvgIpc) is 2.96. The third-order valence-corrected chi connectivity index (χ3v) is 4.80. The molecule has 0 bridgehead atoms. The summed E-state index contributed by atoms with van der Waals surface area (Å²) in [6.07, 6.45) is 0.941. The number of hydrogen-bond acceptors (Lipinski definition) is 5. The highest BCUT2D eigenvalue weighted by Gasteiger charge is 2.20. The Hall–Kier alpha value is -1.53. The van der Waals surface area contributed by atoms with Crippen LogP contribution in [0, 0.1) is 11.7 Å². The van der Waals surface area contributed by atoms with Gasteiger partial charge in [0.15, 0.2) is 0 Å². The van der Waals surface area contributed by atoms with Gasteiger partial charge in [0.1, 0.15) is 11.6 Å². The molecule has 1 saturated heterocycles. The minimum absolute atomic E-state index is 0.160. The summed E-state index contributed by atoms with van der Waals surface area (Å²) in [6, 6.07) is 6.87. The fourth-order valence-electron chi connectivity index (χ4n) is 2.81. The molecule has 1 aromatic carbocycles. The normalized spacial score (nSPS) is 16.3. The van der Waals surface area contributed by atoms with Crippen LogP contribution in [0.2, 0.25) is 0 Å². The van der Waals surface area contributed by atoms with Crippen molar-refractivity contribution in [1.29, 1.82) is 0 Å². The van der Waals surface area contributed by atoms with Crippen molar-refractivity contribution in [2.75, 3.05) is 31.1 Å². The standard InChI is InChI=1S/C17H23FN4S/c1-13(2)10-16-19-17(23-20-16)22-8-6-21(7-9-22)12-14-4-3-5-15(18)11-14/h3-5,11,13H,6-10,12H2,1-2H3. The first-order valence-electron chi connectivity index (χ1n) is 8.14. The Morgan fingerprint density at radius 3 is 2.70 bits per heavy atom. The predicted molar refractivity (Wildman–Crippen MR) is 92.3 cm³/mol. The Bertz CT molecular complexity index is 635. The van der Waals surface area contributed by atoms with E-state index in [1.807, 2.05) is 6.07 Å². The molecule has 124 valence electrons. The van der Waals surface area contributed by atoms with Crippen LogP contribution in [-0.2, 0) is 13.0 Å². The van der Waals surface area contributed by atoms with Gasteiger partial charge in [-0.2, -0.15) is 4.37 Å². The van der Waals surface area contributed by atoms with Crippen molar-refractivity contribution in [3.63, 3.8) is 0 Å². The van der Waals surface area contributed by atoms with Crippen LogP contribution < -0.4 is 4.90 Å². The molecule has 0 spiro atoms. The van der Waals surface area contributed by atoms with Crippen molar-refractivity contribution >= 4 is 16.7 Å². The van der Waals surface area contributed by atoms with Crippen molar-refractivity contribution in [2.45, 2.75) is 26.8 Å². The predicted octanol–water partition coefficient (Wildman–Crippen LogP) is 3.20. The summed E-state index contributed by atoms with van der Waals surface area (Å²) in [4.78, 5) is 9.33. The van der Waals surface area contributed by atoms with Crippen molar-refractivity contribution in [3.8, 4) is 0 Å². The van der Waals surface area contributed by atoms with Crippen LogP contribution in [-0.4, -0.2) is 40.4 Å². The van der Waals surface area contributed by atoms with Gasteiger partial charge in [0.25, 0.3) is 0 Å². The quantitative estimate of drug-likeness (QED) is 0.840. The molecule has 1 aromatic heterocycles. The summed E-state index contributed by atoms with van der Waals surface area (Å²) in [6.45, 7) is 9.01. The SMILES string of the molecule is CC(C)Cc1nsc(N2CCN(Cc3cccc(F)c3)CC2)n1. The second-order valence-corrected chi connectivity index (χ2v) is 7.21. The van der Waals surface area contributed by atoms with Crippen molar-refractivity contribution in [1.82, 2.24) is 14.3 Å². The molecular weight excluding hydrogens is 311 g/mol. The summed E-state index contributed by atoms with van der Waals surface area (Å²) in [5.41, 5.74) is 1.04. The Labute approximate surface area is 141 Å². The second kappa shape index (κ2) is 7.36. The monoisotopic (exact) mass is 334 g/mol. The number of anilines is 1. The summed E-state index contributed by atoms with van der Waals surface area (Å²) in [5, 5.41) is 1.03. The fourth-order valence-corrected chi connectivity index (χ4v) is 3.56. The van der Waals surface area contributed by atoms with Crippen LogP contribution in [0.4, 0.5) is 9.52 Å². The van der Waals surface area contributed by atoms with E-state index in [1.54, 1.807) is 12.1 Å². The van der Waals surface area contributed by atoms with E-state index in [-0.39, 0.29) is 5.82 Å². The molecule has 3 rings (SSSR count). The molecule has 2 heterocycles. The largest absolute Gasteiger partial charge is 0.344 e. The third-order valence-electron chi connectivity index (χ3n) is 3.99. The maximum absolute atomic E-state index is 13.3. The number of rotatable bonds is 5. The number of hydrogen-bond donors (Lipinski definition) is 0. The molecule has 2 aromatic rings. The lowest BCUT2D eigenvalue weighted by atomic mass is 10.1. The first-order valence-corrected chi connectivity index (χ1v) is 8.92. The van der Waals surface area contributed by atoms with E-state index in [4.69, 9.17) is 0 Å². The number of nitrogens with zero attached hydrogens (tertiary/aromatic N) is 4. The molecule has 1 aliphatic heterocycles. The number of aromatic nitrogens is 2. The molecule has 6 heteroatoms. The zero-order valence-electron chi connectivity index (χ0n) is 13.7. The summed E-state index contributed by atoms with van der Waals surface area (Å²) >= 11 is 1.50. The van der Waals surface area contributed by atoms with Gasteiger partial charge in [-0.25, -0.2) is 9.37 Å². The van der Waals surface area contributed by atoms with Gasteiger partial charge in [0.2, 0.25) is 5.13 Å². The van der Waals surface area contributed by atoms with Gasteiger partial charge < -0.3 is 4.90 Å². The number of benzene rings is 1. The second-order valence-electron chi connectivity index (χ2n) is 6.48. The van der Waals surface area contributed by atoms with E-state index < -0.39 is 0 Å². The smallest absolute Gasteiger partial charge is 0.205 e. The van der Waals surface area contributed by atoms with E-state index in [9.17, 15) is 4.39 Å². The molecule has 0 amide bonds. The molecular formula is C17H23FN4S. The van der Waals surface area contributed by atoms with Gasteiger partial charge in [-0.1, -0.05) is 26.0 Å². The van der Waals surface area contributed by atoms with Gasteiger partial charge in [-0.15, -0.1) is 0 Å². The van der Waals surface area contributed by atoms with E-state index in [0.717, 1.165) is 55.7 Å². The highest BCUT2D eigenvalue weighted by atomic mass is 32.1. The van der Waals surface area contributed by atoms with E-state index in [1.165, 1.54) is 17.6 Å². The average molecular weight is 334 g/mol. The molecule has 0 atom stereocenters. The van der Waals surface area contributed by atoms with Crippen molar-refractivity contribution < 1.29 is 4.39 Å². The summed E-state index contributed by atoms with van der Waals surface area (Å²) < 4.78 is 17.7. The maximum atomic E-state index is 13.3. The molecule has 1 aliphatic rings. The molecule has 4 nitrogen and oxygen atoms in total. The molecule has 1 fully saturated rings. The zero-order chi connectivity index (χ0) is 16.2. The van der Waals surface area contributed by atoms with Gasteiger partial charge in [-0.3, -0.25) is 4.90 Å². The van der Waals surface area contributed by atoms with Crippen LogP contribution in [0.3, 0.4) is 0 Å². The van der Waals surface area contributed by atoms with Crippen LogP contribution in [0.1, 0.15) is 25.2 Å². The molecule has 0 saturated carbocycles. The fraction of sp³-hybridized carbons (Fsp3) is 0.529. The highest BCUT2D eigenvalue weighted by molar-refractivity contribution is 7.09. The van der Waals surface area contributed by atoms with Crippen molar-refractivity contribution in [3.05, 3.63) is 41.5 Å². The Morgan fingerprint density at radius 1 is 1.22 bits per heavy atom. The van der Waals surface area contributed by atoms with E-state index >= 15 is 0 Å². The number of halogens is 1. The van der Waals surface area contributed by atoms with Crippen LogP contribution in [0.5, 0.6) is 0 Å². The first kappa shape index (κ1) is 16.3. The Morgan fingerprint density at radius 2 is 2.00 bits per heavy atom. The topological polar surface area (TPSA) is 32.3 Å². The van der Waals surface area contributed by atoms with E-state index in [0.29, 0.717) is 5.92 Å². The lowest BCUT2D eigenvalue weighted by Gasteiger charge is -2.34. The Kier molecular flexibility index (Phi) is 5.23. The Balaban J connectivity index is 1.53. The lowest BCUT2D eigenvalue weighted by molar-refractivity contribution is 0.249. The first-order chi connectivity index (χ1) is 11.1. The highest BCUT2D eigenvalue weighted by Crippen LogP contribution is 2.21. The minimum atomic E-state index is -0.160. The van der Waals surface area contributed by atoms with Crippen molar-refractivity contribution in [2.24, 2.45) is 5.92 Å². The molecule has 23 heavy (non-hydrogen) atoms. The van der Waals surface area contributed by atoms with Crippen LogP contribution in [0.25, 0.3) is 0 Å². The minimum Gasteiger partial charge on any atom is -0.344 e. The maximum Gasteiger partial charge on any atom is 0.205 e. The summed E-state index contributed by atoms with van der Waals surface area (Å²) in [5.74, 6) is 1.38. The molecule has 0 N–H and O–H groups in total. The molecule has 0 aliphatic carbocycles. The molecule has 0 radical (unpaired) electrons. The van der Waals surface area contributed by atoms with Gasteiger partial charge >= 0.3 is 0 Å². The van der Waals surface area contributed by atoms with Gasteiger partial charge in [0, 0.05) is 50.7 Å².